The van der Waals surface area contributed by atoms with Crippen molar-refractivity contribution in [1.29, 1.82) is 0 Å². The van der Waals surface area contributed by atoms with Crippen LogP contribution in [0.5, 0.6) is 0 Å². The summed E-state index contributed by atoms with van der Waals surface area (Å²) in [5.74, 6) is 1.90. The maximum absolute atomic E-state index is 4.71. The molecule has 2 heterocycles. The molecule has 0 radical (unpaired) electrons. The molecule has 0 spiro atoms. The summed E-state index contributed by atoms with van der Waals surface area (Å²) in [7, 11) is 0. The van der Waals surface area contributed by atoms with Gasteiger partial charge in [0.25, 0.3) is 0 Å². The van der Waals surface area contributed by atoms with Gasteiger partial charge in [0, 0.05) is 17.1 Å². The van der Waals surface area contributed by atoms with Gasteiger partial charge in [-0.15, -0.1) is 0 Å². The molecule has 1 unspecified atom stereocenters. The molecular formula is C14H18BrN5. The van der Waals surface area contributed by atoms with Crippen LogP contribution in [0.1, 0.15) is 19.7 Å². The summed E-state index contributed by atoms with van der Waals surface area (Å²) in [4.78, 5) is 9.12. The minimum atomic E-state index is 0.415. The van der Waals surface area contributed by atoms with Gasteiger partial charge in [-0.25, -0.2) is 4.98 Å². The van der Waals surface area contributed by atoms with Crippen molar-refractivity contribution in [3.8, 4) is 0 Å². The Morgan fingerprint density at radius 3 is 3.05 bits per heavy atom. The number of rotatable bonds is 3. The van der Waals surface area contributed by atoms with Crippen molar-refractivity contribution in [2.45, 2.75) is 33.0 Å². The summed E-state index contributed by atoms with van der Waals surface area (Å²) in [6.07, 6.45) is 0. The fourth-order valence-electron chi connectivity index (χ4n) is 2.46. The smallest absolute Gasteiger partial charge is 0.191 e. The van der Waals surface area contributed by atoms with Gasteiger partial charge in [-0.3, -0.25) is 4.99 Å². The van der Waals surface area contributed by atoms with E-state index < -0.39 is 0 Å². The molecule has 2 N–H and O–H groups in total. The largest absolute Gasteiger partial charge is 0.352 e. The van der Waals surface area contributed by atoms with E-state index in [1.807, 2.05) is 0 Å². The molecular weight excluding hydrogens is 318 g/mol. The van der Waals surface area contributed by atoms with Crippen molar-refractivity contribution in [1.82, 2.24) is 20.2 Å². The Morgan fingerprint density at radius 1 is 1.50 bits per heavy atom. The van der Waals surface area contributed by atoms with Gasteiger partial charge in [-0.2, -0.15) is 0 Å². The van der Waals surface area contributed by atoms with Gasteiger partial charge in [0.1, 0.15) is 5.82 Å². The van der Waals surface area contributed by atoms with Crippen LogP contribution in [-0.4, -0.2) is 28.1 Å². The van der Waals surface area contributed by atoms with Crippen molar-refractivity contribution in [3.63, 3.8) is 0 Å². The van der Waals surface area contributed by atoms with Crippen LogP contribution in [0.25, 0.3) is 11.0 Å². The first kappa shape index (κ1) is 13.4. The summed E-state index contributed by atoms with van der Waals surface area (Å²) in [6.45, 7) is 6.68. The number of nitrogens with zero attached hydrogens (tertiary/aromatic N) is 3. The zero-order valence-corrected chi connectivity index (χ0v) is 13.2. The lowest BCUT2D eigenvalue weighted by atomic mass is 10.3. The molecule has 0 fully saturated rings. The number of fused-ring (bicyclic) bond motifs is 1. The first-order chi connectivity index (χ1) is 9.67. The van der Waals surface area contributed by atoms with Crippen LogP contribution < -0.4 is 10.6 Å². The molecule has 1 atom stereocenters. The van der Waals surface area contributed by atoms with Crippen LogP contribution >= 0.6 is 15.9 Å². The highest BCUT2D eigenvalue weighted by Crippen LogP contribution is 2.21. The highest BCUT2D eigenvalue weighted by molar-refractivity contribution is 9.10. The van der Waals surface area contributed by atoms with Crippen molar-refractivity contribution in [2.75, 3.05) is 6.54 Å². The predicted octanol–water partition coefficient (Wildman–Crippen LogP) is 2.26. The van der Waals surface area contributed by atoms with E-state index in [1.165, 1.54) is 5.52 Å². The molecule has 5 nitrogen and oxygen atoms in total. The van der Waals surface area contributed by atoms with E-state index in [4.69, 9.17) is 4.98 Å². The fraction of sp³-hybridized carbons (Fsp3) is 0.429. The molecule has 3 rings (SSSR count). The third-order valence-corrected chi connectivity index (χ3v) is 3.92. The highest BCUT2D eigenvalue weighted by Gasteiger charge is 2.14. The Labute approximate surface area is 126 Å². The maximum atomic E-state index is 4.71. The molecule has 0 saturated heterocycles. The number of halogens is 1. The predicted molar refractivity (Wildman–Crippen MR) is 84.8 cm³/mol. The Balaban J connectivity index is 1.83. The van der Waals surface area contributed by atoms with Crippen LogP contribution in [0.3, 0.4) is 0 Å². The molecule has 1 aromatic heterocycles. The number of hydrogen-bond donors (Lipinski definition) is 2. The summed E-state index contributed by atoms with van der Waals surface area (Å²) < 4.78 is 3.29. The summed E-state index contributed by atoms with van der Waals surface area (Å²) in [5.41, 5.74) is 2.19. The van der Waals surface area contributed by atoms with Crippen molar-refractivity contribution in [2.24, 2.45) is 4.99 Å². The van der Waals surface area contributed by atoms with E-state index >= 15 is 0 Å². The van der Waals surface area contributed by atoms with Crippen molar-refractivity contribution < 1.29 is 0 Å². The zero-order chi connectivity index (χ0) is 14.1. The molecule has 1 aliphatic heterocycles. The van der Waals surface area contributed by atoms with Crippen molar-refractivity contribution in [3.05, 3.63) is 28.5 Å². The lowest BCUT2D eigenvalue weighted by Crippen LogP contribution is -2.37. The molecule has 0 amide bonds. The van der Waals surface area contributed by atoms with Crippen LogP contribution in [0, 0.1) is 0 Å². The van der Waals surface area contributed by atoms with Crippen LogP contribution in [0.2, 0.25) is 0 Å². The maximum Gasteiger partial charge on any atom is 0.191 e. The minimum absolute atomic E-state index is 0.415. The fourth-order valence-corrected chi connectivity index (χ4v) is 2.81. The second-order valence-electron chi connectivity index (χ2n) is 4.99. The zero-order valence-electron chi connectivity index (χ0n) is 11.7. The Bertz CT molecular complexity index is 661. The molecule has 1 aromatic carbocycles. The Hall–Kier alpha value is -1.56. The third kappa shape index (κ3) is 2.52. The molecule has 106 valence electrons. The number of benzene rings is 1. The van der Waals surface area contributed by atoms with E-state index in [-0.39, 0.29) is 0 Å². The molecule has 6 heteroatoms. The van der Waals surface area contributed by atoms with E-state index in [9.17, 15) is 0 Å². The average molecular weight is 336 g/mol. The molecule has 0 saturated carbocycles. The second kappa shape index (κ2) is 5.44. The van der Waals surface area contributed by atoms with Gasteiger partial charge in [0.05, 0.1) is 24.1 Å². The molecule has 2 aromatic rings. The number of guanidine groups is 1. The number of imidazole rings is 1. The minimum Gasteiger partial charge on any atom is -0.352 e. The third-order valence-electron chi connectivity index (χ3n) is 3.43. The number of aryl methyl sites for hydroxylation is 1. The molecule has 20 heavy (non-hydrogen) atoms. The quantitative estimate of drug-likeness (QED) is 0.904. The van der Waals surface area contributed by atoms with E-state index in [1.54, 1.807) is 0 Å². The van der Waals surface area contributed by atoms with Gasteiger partial charge < -0.3 is 15.2 Å². The summed E-state index contributed by atoms with van der Waals surface area (Å²) in [6, 6.07) is 6.63. The van der Waals surface area contributed by atoms with Crippen LogP contribution in [0.4, 0.5) is 0 Å². The van der Waals surface area contributed by atoms with Crippen LogP contribution in [-0.2, 0) is 13.1 Å². The summed E-state index contributed by atoms with van der Waals surface area (Å²) in [5, 5.41) is 6.62. The lowest BCUT2D eigenvalue weighted by Gasteiger charge is -2.10. The van der Waals surface area contributed by atoms with Gasteiger partial charge >= 0.3 is 0 Å². The second-order valence-corrected chi connectivity index (χ2v) is 5.91. The van der Waals surface area contributed by atoms with Gasteiger partial charge in [0.2, 0.25) is 0 Å². The number of nitrogens with one attached hydrogen (secondary N) is 2. The molecule has 0 aliphatic carbocycles. The number of aliphatic imine (C=N–C) groups is 1. The Morgan fingerprint density at radius 2 is 2.35 bits per heavy atom. The first-order valence-electron chi connectivity index (χ1n) is 6.87. The summed E-state index contributed by atoms with van der Waals surface area (Å²) >= 11 is 3.49. The SMILES string of the molecule is CCn1c(CNC2=NCC(C)N2)nc2cc(Br)ccc21. The van der Waals surface area contributed by atoms with E-state index in [2.05, 4.69) is 68.2 Å². The lowest BCUT2D eigenvalue weighted by molar-refractivity contribution is 0.678. The topological polar surface area (TPSA) is 54.2 Å². The standard InChI is InChI=1S/C14H18BrN5/c1-3-20-12-5-4-10(15)6-11(12)19-13(20)8-17-14-16-7-9(2)18-14/h4-6,9H,3,7-8H2,1-2H3,(H2,16,17,18). The van der Waals surface area contributed by atoms with Crippen LogP contribution in [0.15, 0.2) is 27.7 Å². The normalized spacial score (nSPS) is 18.1. The monoisotopic (exact) mass is 335 g/mol. The van der Waals surface area contributed by atoms with Crippen molar-refractivity contribution >= 4 is 32.9 Å². The van der Waals surface area contributed by atoms with Gasteiger partial charge in [0.15, 0.2) is 5.96 Å². The van der Waals surface area contributed by atoms with E-state index in [0.717, 1.165) is 34.9 Å². The van der Waals surface area contributed by atoms with Gasteiger partial charge in [-0.05, 0) is 32.0 Å². The highest BCUT2D eigenvalue weighted by atomic mass is 79.9. The molecule has 1 aliphatic rings. The Kier molecular flexibility index (Phi) is 3.65. The first-order valence-corrected chi connectivity index (χ1v) is 7.66. The van der Waals surface area contributed by atoms with Gasteiger partial charge in [-0.1, -0.05) is 15.9 Å². The molecule has 0 bridgehead atoms. The number of aromatic nitrogens is 2. The average Bonchev–Trinajstić information content (AvgIpc) is 2.98. The van der Waals surface area contributed by atoms with E-state index in [0.29, 0.717) is 12.6 Å². The number of hydrogen-bond acceptors (Lipinski definition) is 4.